The number of nitrogens with one attached hydrogen (secondary N) is 1. The molecule has 4 nitrogen and oxygen atoms in total. The molecule has 1 amide bonds. The topological polar surface area (TPSA) is 46.9 Å². The van der Waals surface area contributed by atoms with E-state index in [0.717, 1.165) is 0 Å². The predicted octanol–water partition coefficient (Wildman–Crippen LogP) is 1.83. The number of rotatable bonds is 4. The molecule has 0 fully saturated rings. The number of hydrogen-bond acceptors (Lipinski definition) is 2. The number of alkyl halides is 3. The fourth-order valence-electron chi connectivity index (χ4n) is 1.23. The third-order valence-electron chi connectivity index (χ3n) is 1.87. The van der Waals surface area contributed by atoms with Crippen LogP contribution in [-0.2, 0) is 6.54 Å². The molecule has 0 aliphatic carbocycles. The second kappa shape index (κ2) is 5.20. The molecule has 1 N–H and O–H groups in total. The molecule has 7 heteroatoms. The van der Waals surface area contributed by atoms with Gasteiger partial charge in [0.15, 0.2) is 0 Å². The summed E-state index contributed by atoms with van der Waals surface area (Å²) in [6.45, 7) is 3.23. The van der Waals surface area contributed by atoms with Crippen LogP contribution in [0.15, 0.2) is 12.3 Å². The lowest BCUT2D eigenvalue weighted by Gasteiger charge is -2.07. The van der Waals surface area contributed by atoms with Gasteiger partial charge in [-0.25, -0.2) is 0 Å². The van der Waals surface area contributed by atoms with Gasteiger partial charge in [-0.3, -0.25) is 9.48 Å². The summed E-state index contributed by atoms with van der Waals surface area (Å²) in [4.78, 5) is 11.3. The summed E-state index contributed by atoms with van der Waals surface area (Å²) < 4.78 is 37.1. The van der Waals surface area contributed by atoms with Gasteiger partial charge in [-0.1, -0.05) is 13.8 Å². The zero-order valence-electron chi connectivity index (χ0n) is 9.58. The molecule has 0 aliphatic rings. The van der Waals surface area contributed by atoms with Gasteiger partial charge in [0.2, 0.25) is 0 Å². The maximum absolute atomic E-state index is 11.9. The Bertz CT molecular complexity index is 384. The fourth-order valence-corrected chi connectivity index (χ4v) is 1.23. The lowest BCUT2D eigenvalue weighted by atomic mass is 10.2. The van der Waals surface area contributed by atoms with E-state index in [-0.39, 0.29) is 5.69 Å². The average molecular weight is 249 g/mol. The zero-order valence-corrected chi connectivity index (χ0v) is 9.58. The summed E-state index contributed by atoms with van der Waals surface area (Å²) in [5.74, 6) is -0.467. The second-order valence-corrected chi connectivity index (χ2v) is 4.11. The second-order valence-electron chi connectivity index (χ2n) is 4.11. The number of nitrogens with zero attached hydrogens (tertiary/aromatic N) is 2. The summed E-state index contributed by atoms with van der Waals surface area (Å²) >= 11 is 0. The number of aromatic nitrogens is 2. The highest BCUT2D eigenvalue weighted by Gasteiger charge is 2.28. The number of carbonyl (C=O) groups is 1. The van der Waals surface area contributed by atoms with Gasteiger partial charge in [-0.15, -0.1) is 0 Å². The van der Waals surface area contributed by atoms with E-state index in [2.05, 4.69) is 5.10 Å². The van der Waals surface area contributed by atoms with Gasteiger partial charge in [0.1, 0.15) is 12.2 Å². The average Bonchev–Trinajstić information content (AvgIpc) is 2.60. The van der Waals surface area contributed by atoms with Gasteiger partial charge in [-0.05, 0) is 12.0 Å². The SMILES string of the molecule is CC(C)Cn1ccc(C(=O)NCC(F)(F)F)n1. The van der Waals surface area contributed by atoms with Gasteiger partial charge in [0, 0.05) is 12.7 Å². The highest BCUT2D eigenvalue weighted by atomic mass is 19.4. The van der Waals surface area contributed by atoms with Crippen LogP contribution >= 0.6 is 0 Å². The predicted molar refractivity (Wildman–Crippen MR) is 55.5 cm³/mol. The quantitative estimate of drug-likeness (QED) is 0.884. The Morgan fingerprint density at radius 1 is 1.53 bits per heavy atom. The molecule has 0 aromatic carbocycles. The first-order valence-corrected chi connectivity index (χ1v) is 5.16. The lowest BCUT2D eigenvalue weighted by Crippen LogP contribution is -2.34. The lowest BCUT2D eigenvalue weighted by molar-refractivity contribution is -0.123. The van der Waals surface area contributed by atoms with E-state index in [9.17, 15) is 18.0 Å². The summed E-state index contributed by atoms with van der Waals surface area (Å²) in [6.07, 6.45) is -2.83. The Morgan fingerprint density at radius 3 is 2.71 bits per heavy atom. The summed E-state index contributed by atoms with van der Waals surface area (Å²) in [6, 6.07) is 1.40. The van der Waals surface area contributed by atoms with Crippen LogP contribution in [0.5, 0.6) is 0 Å². The number of hydrogen-bond donors (Lipinski definition) is 1. The fraction of sp³-hybridized carbons (Fsp3) is 0.600. The normalized spacial score (nSPS) is 11.9. The molecule has 0 unspecified atom stereocenters. The first-order valence-electron chi connectivity index (χ1n) is 5.16. The smallest absolute Gasteiger partial charge is 0.342 e. The van der Waals surface area contributed by atoms with E-state index in [1.54, 1.807) is 11.5 Å². The summed E-state index contributed by atoms with van der Waals surface area (Å²) in [5, 5.41) is 5.65. The Kier molecular flexibility index (Phi) is 4.14. The maximum Gasteiger partial charge on any atom is 0.405 e. The molecular weight excluding hydrogens is 235 g/mol. The maximum atomic E-state index is 11.9. The van der Waals surface area contributed by atoms with E-state index < -0.39 is 18.6 Å². The third-order valence-corrected chi connectivity index (χ3v) is 1.87. The van der Waals surface area contributed by atoms with Crippen LogP contribution in [0.25, 0.3) is 0 Å². The number of halogens is 3. The molecule has 17 heavy (non-hydrogen) atoms. The molecule has 0 bridgehead atoms. The first kappa shape index (κ1) is 13.5. The van der Waals surface area contributed by atoms with Crippen LogP contribution in [0.3, 0.4) is 0 Å². The Labute approximate surface area is 96.8 Å². The monoisotopic (exact) mass is 249 g/mol. The molecule has 1 aromatic heterocycles. The standard InChI is InChI=1S/C10H14F3N3O/c1-7(2)5-16-4-3-8(15-16)9(17)14-6-10(11,12)13/h3-4,7H,5-6H2,1-2H3,(H,14,17). The van der Waals surface area contributed by atoms with E-state index in [1.807, 2.05) is 13.8 Å². The van der Waals surface area contributed by atoms with Gasteiger partial charge < -0.3 is 5.32 Å². The van der Waals surface area contributed by atoms with E-state index >= 15 is 0 Å². The van der Waals surface area contributed by atoms with Crippen LogP contribution in [-0.4, -0.2) is 28.4 Å². The van der Waals surface area contributed by atoms with Crippen molar-refractivity contribution in [2.24, 2.45) is 5.92 Å². The van der Waals surface area contributed by atoms with Gasteiger partial charge in [-0.2, -0.15) is 18.3 Å². The van der Waals surface area contributed by atoms with Crippen LogP contribution in [0.2, 0.25) is 0 Å². The Hall–Kier alpha value is -1.53. The van der Waals surface area contributed by atoms with Crippen molar-refractivity contribution in [3.05, 3.63) is 18.0 Å². The van der Waals surface area contributed by atoms with E-state index in [0.29, 0.717) is 12.5 Å². The van der Waals surface area contributed by atoms with Crippen molar-refractivity contribution in [3.63, 3.8) is 0 Å². The molecule has 0 atom stereocenters. The van der Waals surface area contributed by atoms with Gasteiger partial charge in [0.25, 0.3) is 5.91 Å². The Balaban J connectivity index is 2.55. The molecule has 96 valence electrons. The molecule has 0 spiro atoms. The molecule has 0 saturated carbocycles. The highest BCUT2D eigenvalue weighted by molar-refractivity contribution is 5.92. The summed E-state index contributed by atoms with van der Waals surface area (Å²) in [5.41, 5.74) is -0.00472. The van der Waals surface area contributed by atoms with Crippen LogP contribution < -0.4 is 5.32 Å². The molecular formula is C10H14F3N3O. The van der Waals surface area contributed by atoms with Crippen molar-refractivity contribution < 1.29 is 18.0 Å². The number of amides is 1. The van der Waals surface area contributed by atoms with E-state index in [4.69, 9.17) is 0 Å². The number of carbonyl (C=O) groups excluding carboxylic acids is 1. The van der Waals surface area contributed by atoms with Gasteiger partial charge >= 0.3 is 6.18 Å². The van der Waals surface area contributed by atoms with E-state index in [1.165, 1.54) is 10.7 Å². The molecule has 0 aliphatic heterocycles. The molecule has 0 radical (unpaired) electrons. The molecule has 0 saturated heterocycles. The third kappa shape index (κ3) is 4.88. The zero-order chi connectivity index (χ0) is 13.1. The molecule has 1 aromatic rings. The minimum absolute atomic E-state index is 0.00472. The van der Waals surface area contributed by atoms with Crippen molar-refractivity contribution in [2.45, 2.75) is 26.6 Å². The highest BCUT2D eigenvalue weighted by Crippen LogP contribution is 2.12. The molecule has 1 rings (SSSR count). The van der Waals surface area contributed by atoms with Crippen molar-refractivity contribution in [1.29, 1.82) is 0 Å². The van der Waals surface area contributed by atoms with Crippen LogP contribution in [0.4, 0.5) is 13.2 Å². The molecule has 1 heterocycles. The van der Waals surface area contributed by atoms with Crippen LogP contribution in [0, 0.1) is 5.92 Å². The van der Waals surface area contributed by atoms with Crippen LogP contribution in [0.1, 0.15) is 24.3 Å². The minimum atomic E-state index is -4.41. The van der Waals surface area contributed by atoms with Crippen molar-refractivity contribution in [3.8, 4) is 0 Å². The van der Waals surface area contributed by atoms with Crippen molar-refractivity contribution in [2.75, 3.05) is 6.54 Å². The van der Waals surface area contributed by atoms with Crippen molar-refractivity contribution >= 4 is 5.91 Å². The largest absolute Gasteiger partial charge is 0.405 e. The Morgan fingerprint density at radius 2 is 2.18 bits per heavy atom. The summed E-state index contributed by atoms with van der Waals surface area (Å²) in [7, 11) is 0. The minimum Gasteiger partial charge on any atom is -0.342 e. The first-order chi connectivity index (χ1) is 7.78. The van der Waals surface area contributed by atoms with Crippen molar-refractivity contribution in [1.82, 2.24) is 15.1 Å². The van der Waals surface area contributed by atoms with Gasteiger partial charge in [0.05, 0.1) is 0 Å².